The number of nitrogens with zero attached hydrogens (tertiary/aromatic N) is 3. The molecule has 11 heteroatoms. The van der Waals surface area contributed by atoms with E-state index >= 15 is 4.79 Å². The summed E-state index contributed by atoms with van der Waals surface area (Å²) in [6.07, 6.45) is 8.63. The first-order valence-corrected chi connectivity index (χ1v) is 20.4. The van der Waals surface area contributed by atoms with E-state index in [0.717, 1.165) is 71.6 Å². The minimum absolute atomic E-state index is 0.0631. The van der Waals surface area contributed by atoms with Crippen molar-refractivity contribution in [1.29, 1.82) is 0 Å². The fourth-order valence-corrected chi connectivity index (χ4v) is 12.9. The number of carbonyl (C=O) groups is 2. The zero-order valence-electron chi connectivity index (χ0n) is 33.8. The third kappa shape index (κ3) is 4.60. The van der Waals surface area contributed by atoms with E-state index in [9.17, 15) is 9.90 Å². The maximum Gasteiger partial charge on any atom is 0.342 e. The largest absolute Gasteiger partial charge is 0.496 e. The van der Waals surface area contributed by atoms with Crippen LogP contribution in [-0.4, -0.2) is 117 Å². The Bertz CT molecular complexity index is 2160. The Labute approximate surface area is 329 Å². The van der Waals surface area contributed by atoms with E-state index in [1.165, 1.54) is 19.8 Å². The van der Waals surface area contributed by atoms with Gasteiger partial charge in [0.25, 0.3) is 0 Å². The smallest absolute Gasteiger partial charge is 0.342 e. The highest BCUT2D eigenvalue weighted by Crippen LogP contribution is 2.68. The molecule has 2 bridgehead atoms. The van der Waals surface area contributed by atoms with Crippen LogP contribution in [0, 0.1) is 11.3 Å². The Kier molecular flexibility index (Phi) is 8.82. The number of likely N-dealkylation sites (N-methyl/N-ethyl adjacent to an activating group) is 1. The summed E-state index contributed by atoms with van der Waals surface area (Å²) in [6, 6.07) is 11.7. The van der Waals surface area contributed by atoms with Gasteiger partial charge in [0.05, 0.1) is 27.4 Å². The number of benzene rings is 2. The second kappa shape index (κ2) is 13.2. The molecule has 0 amide bonds. The standard InChI is InChI=1S/C45H56N4O7/c1-8-27-20-28-23-44(40(50)54-6,36-30(26-48(24-27)25-28)29-14-11-12-15-33(29)46-36)32-21-31-34(22-35(32)53-5)47(4)38-43(31)17-19-49-18-13-16-42(9-2,37(43)49)39(56-10-3)45(38,52)41(51)55-7/h11-16,20-22,28,37-39,46,52H,8-10,17-19,23-26H2,1-7H3/t28-,37-,38+,39+,42+,43?,44-,45-/m0/s1. The van der Waals surface area contributed by atoms with Crippen LogP contribution < -0.4 is 9.64 Å². The fourth-order valence-electron chi connectivity index (χ4n) is 12.9. The van der Waals surface area contributed by atoms with Gasteiger partial charge in [0.2, 0.25) is 5.60 Å². The summed E-state index contributed by atoms with van der Waals surface area (Å²) < 4.78 is 24.4. The van der Waals surface area contributed by atoms with Gasteiger partial charge in [-0.1, -0.05) is 55.8 Å². The number of aliphatic hydroxyl groups is 1. The molecule has 1 aliphatic carbocycles. The van der Waals surface area contributed by atoms with Gasteiger partial charge in [0.1, 0.15) is 17.3 Å². The van der Waals surface area contributed by atoms with Crippen LogP contribution in [0.25, 0.3) is 10.9 Å². The van der Waals surface area contributed by atoms with Gasteiger partial charge in [0.15, 0.2) is 0 Å². The number of carbonyl (C=O) groups excluding carboxylic acids is 2. The molecule has 1 aromatic heterocycles. The Balaban J connectivity index is 1.37. The van der Waals surface area contributed by atoms with Crippen LogP contribution >= 0.6 is 0 Å². The average molecular weight is 765 g/mol. The van der Waals surface area contributed by atoms with Crippen molar-refractivity contribution in [3.05, 3.63) is 82.6 Å². The van der Waals surface area contributed by atoms with Crippen LogP contribution in [0.2, 0.25) is 0 Å². The number of rotatable bonds is 8. The molecule has 1 saturated heterocycles. The zero-order chi connectivity index (χ0) is 39.4. The molecule has 2 unspecified atom stereocenters. The number of hydrogen-bond donors (Lipinski definition) is 2. The number of ether oxygens (including phenoxy) is 4. The summed E-state index contributed by atoms with van der Waals surface area (Å²) in [6.45, 7) is 10.5. The van der Waals surface area contributed by atoms with Crippen molar-refractivity contribution in [2.75, 3.05) is 66.1 Å². The van der Waals surface area contributed by atoms with E-state index in [1.54, 1.807) is 7.11 Å². The van der Waals surface area contributed by atoms with Crippen molar-refractivity contribution in [1.82, 2.24) is 14.8 Å². The predicted molar refractivity (Wildman–Crippen MR) is 214 cm³/mol. The molecule has 2 aromatic carbocycles. The number of esters is 2. The molecule has 9 atom stereocenters. The molecule has 6 aliphatic rings. The van der Waals surface area contributed by atoms with Crippen molar-refractivity contribution >= 4 is 28.5 Å². The molecular formula is C45H56N4O7. The fraction of sp³-hybridized carbons (Fsp3) is 0.556. The third-order valence-electron chi connectivity index (χ3n) is 14.8. The molecule has 2 fully saturated rings. The number of para-hydroxylation sites is 1. The molecule has 11 nitrogen and oxygen atoms in total. The predicted octanol–water partition coefficient (Wildman–Crippen LogP) is 5.23. The molecule has 56 heavy (non-hydrogen) atoms. The Morgan fingerprint density at radius 2 is 1.79 bits per heavy atom. The summed E-state index contributed by atoms with van der Waals surface area (Å²) in [4.78, 5) is 40.4. The number of nitrogens with one attached hydrogen (secondary N) is 1. The van der Waals surface area contributed by atoms with Crippen LogP contribution in [0.5, 0.6) is 5.75 Å². The quantitative estimate of drug-likeness (QED) is 0.234. The van der Waals surface area contributed by atoms with Gasteiger partial charge in [-0.15, -0.1) is 0 Å². The summed E-state index contributed by atoms with van der Waals surface area (Å²) in [5.74, 6) is -0.438. The molecule has 2 N–H and O–H groups in total. The highest BCUT2D eigenvalue weighted by atomic mass is 16.6. The molecule has 9 rings (SSSR count). The maximum atomic E-state index is 15.2. The molecule has 6 heterocycles. The first kappa shape index (κ1) is 37.4. The average Bonchev–Trinajstić information content (AvgIpc) is 3.87. The van der Waals surface area contributed by atoms with E-state index in [1.807, 2.05) is 26.1 Å². The van der Waals surface area contributed by atoms with Gasteiger partial charge in [-0.3, -0.25) is 14.6 Å². The van der Waals surface area contributed by atoms with Crippen molar-refractivity contribution < 1.29 is 33.6 Å². The first-order valence-electron chi connectivity index (χ1n) is 20.4. The SMILES string of the molecule is CCO[C@@H]1[C@]2(CC)C=CCN3CCC4(c5cc([C@@]6(C(=O)OC)C[C@@H]7C=C(CC)CN(Cc8c6[nH]c6ccccc86)C7)c(OC)cc5N(C)[C@H]4[C@@]1(O)C(=O)OC)[C@@H]32. The lowest BCUT2D eigenvalue weighted by molar-refractivity contribution is -0.229. The Hall–Kier alpha value is -4.16. The number of anilines is 1. The van der Waals surface area contributed by atoms with E-state index < -0.39 is 40.0 Å². The topological polar surface area (TPSA) is 117 Å². The first-order chi connectivity index (χ1) is 27.0. The van der Waals surface area contributed by atoms with E-state index in [2.05, 4.69) is 76.0 Å². The van der Waals surface area contributed by atoms with Crippen molar-refractivity contribution in [3.8, 4) is 5.75 Å². The second-order valence-electron chi connectivity index (χ2n) is 17.0. The lowest BCUT2D eigenvalue weighted by Gasteiger charge is -2.64. The molecule has 1 spiro atoms. The Morgan fingerprint density at radius 3 is 2.50 bits per heavy atom. The molecular weight excluding hydrogens is 709 g/mol. The van der Waals surface area contributed by atoms with Crippen LogP contribution in [0.4, 0.5) is 5.69 Å². The molecule has 1 saturated carbocycles. The minimum Gasteiger partial charge on any atom is -0.496 e. The van der Waals surface area contributed by atoms with E-state index in [4.69, 9.17) is 18.9 Å². The van der Waals surface area contributed by atoms with Gasteiger partial charge in [-0.25, -0.2) is 4.79 Å². The highest BCUT2D eigenvalue weighted by molar-refractivity contribution is 5.95. The minimum atomic E-state index is -2.03. The number of aromatic amines is 1. The molecule has 298 valence electrons. The third-order valence-corrected chi connectivity index (χ3v) is 14.8. The molecule has 0 radical (unpaired) electrons. The van der Waals surface area contributed by atoms with Crippen LogP contribution in [-0.2, 0) is 41.2 Å². The second-order valence-corrected chi connectivity index (χ2v) is 17.0. The lowest BCUT2D eigenvalue weighted by atomic mass is 9.47. The van der Waals surface area contributed by atoms with E-state index in [0.29, 0.717) is 38.2 Å². The summed E-state index contributed by atoms with van der Waals surface area (Å²) >= 11 is 0. The highest BCUT2D eigenvalue weighted by Gasteiger charge is 2.79. The summed E-state index contributed by atoms with van der Waals surface area (Å²) in [7, 11) is 6.45. The van der Waals surface area contributed by atoms with Crippen LogP contribution in [0.1, 0.15) is 68.8 Å². The summed E-state index contributed by atoms with van der Waals surface area (Å²) in [5.41, 5.74) is 2.05. The van der Waals surface area contributed by atoms with Crippen LogP contribution in [0.3, 0.4) is 0 Å². The van der Waals surface area contributed by atoms with Gasteiger partial charge in [-0.05, 0) is 68.3 Å². The van der Waals surface area contributed by atoms with Gasteiger partial charge in [0, 0.05) is 90.6 Å². The number of hydrogen-bond acceptors (Lipinski definition) is 10. The van der Waals surface area contributed by atoms with Crippen LogP contribution in [0.15, 0.2) is 60.2 Å². The monoisotopic (exact) mass is 764 g/mol. The Morgan fingerprint density at radius 1 is 1.00 bits per heavy atom. The van der Waals surface area contributed by atoms with Gasteiger partial charge >= 0.3 is 11.9 Å². The molecule has 3 aromatic rings. The zero-order valence-corrected chi connectivity index (χ0v) is 33.8. The van der Waals surface area contributed by atoms with Gasteiger partial charge < -0.3 is 33.9 Å². The number of methoxy groups -OCH3 is 3. The number of H-pyrrole nitrogens is 1. The summed E-state index contributed by atoms with van der Waals surface area (Å²) in [5, 5.41) is 14.4. The molecule has 5 aliphatic heterocycles. The lowest BCUT2D eigenvalue weighted by Crippen LogP contribution is -2.81. The van der Waals surface area contributed by atoms with Crippen molar-refractivity contribution in [2.24, 2.45) is 11.3 Å². The van der Waals surface area contributed by atoms with E-state index in [-0.39, 0.29) is 17.9 Å². The van der Waals surface area contributed by atoms with Crippen molar-refractivity contribution in [2.45, 2.75) is 87.6 Å². The number of aromatic nitrogens is 1. The maximum absolute atomic E-state index is 15.2. The van der Waals surface area contributed by atoms with Crippen molar-refractivity contribution in [3.63, 3.8) is 0 Å². The van der Waals surface area contributed by atoms with Gasteiger partial charge in [-0.2, -0.15) is 0 Å². The number of fused-ring (bicyclic) bond motifs is 6. The normalized spacial score (nSPS) is 35.5.